The Morgan fingerprint density at radius 3 is 2.53 bits per heavy atom. The Bertz CT molecular complexity index is 1450. The summed E-state index contributed by atoms with van der Waals surface area (Å²) in [4.78, 5) is 26.4. The molecule has 0 atom stereocenters. The third kappa shape index (κ3) is 4.67. The zero-order valence-electron chi connectivity index (χ0n) is 20.2. The van der Waals surface area contributed by atoms with Crippen molar-refractivity contribution in [3.05, 3.63) is 107 Å². The summed E-state index contributed by atoms with van der Waals surface area (Å²) in [7, 11) is 0. The molecule has 1 aromatic heterocycles. The molecule has 2 heterocycles. The summed E-state index contributed by atoms with van der Waals surface area (Å²) in [5.74, 6) is -0.187. The van der Waals surface area contributed by atoms with Crippen LogP contribution < -0.4 is 5.32 Å². The number of fused-ring (bicyclic) bond motifs is 1. The van der Waals surface area contributed by atoms with Crippen molar-refractivity contribution in [1.82, 2.24) is 14.8 Å². The van der Waals surface area contributed by atoms with Crippen LogP contribution in [0, 0.1) is 6.92 Å². The number of carbonyl (C=O) groups is 2. The highest BCUT2D eigenvalue weighted by Crippen LogP contribution is 2.38. The molecule has 0 spiro atoms. The smallest absolute Gasteiger partial charge is 0.246 e. The minimum atomic E-state index is -0.108. The van der Waals surface area contributed by atoms with Crippen LogP contribution in [-0.2, 0) is 22.6 Å². The lowest BCUT2D eigenvalue weighted by Crippen LogP contribution is -2.61. The van der Waals surface area contributed by atoms with Crippen LogP contribution in [0.15, 0.2) is 85.5 Å². The SMILES string of the molecule is C=CC(=O)N1CC(NC(=O)Cn2c(C)c(-c3ccccc3Cc3ccccc3)c3cc(Cl)ccc32)C1. The number of benzene rings is 3. The zero-order chi connectivity index (χ0) is 25.2. The number of aromatic nitrogens is 1. The molecular weight excluding hydrogens is 470 g/mol. The van der Waals surface area contributed by atoms with E-state index in [0.717, 1.165) is 34.1 Å². The number of nitrogens with zero attached hydrogens (tertiary/aromatic N) is 2. The molecule has 1 fully saturated rings. The van der Waals surface area contributed by atoms with Gasteiger partial charge in [0.05, 0.1) is 6.04 Å². The highest BCUT2D eigenvalue weighted by atomic mass is 35.5. The Balaban J connectivity index is 1.47. The molecule has 5 nitrogen and oxygen atoms in total. The van der Waals surface area contributed by atoms with E-state index in [9.17, 15) is 9.59 Å². The molecule has 1 saturated heterocycles. The molecule has 0 radical (unpaired) electrons. The molecule has 36 heavy (non-hydrogen) atoms. The van der Waals surface area contributed by atoms with E-state index in [1.165, 1.54) is 17.2 Å². The fourth-order valence-electron chi connectivity index (χ4n) is 5.03. The van der Waals surface area contributed by atoms with Crippen molar-refractivity contribution < 1.29 is 9.59 Å². The number of hydrogen-bond donors (Lipinski definition) is 1. The Hall–Kier alpha value is -3.83. The summed E-state index contributed by atoms with van der Waals surface area (Å²) in [5, 5.41) is 4.74. The van der Waals surface area contributed by atoms with Gasteiger partial charge in [0, 0.05) is 40.3 Å². The first-order valence-corrected chi connectivity index (χ1v) is 12.4. The van der Waals surface area contributed by atoms with E-state index in [1.54, 1.807) is 4.90 Å². The summed E-state index contributed by atoms with van der Waals surface area (Å²) in [6, 6.07) is 24.6. The normalized spacial score (nSPS) is 13.4. The van der Waals surface area contributed by atoms with Crippen LogP contribution in [-0.4, -0.2) is 40.4 Å². The topological polar surface area (TPSA) is 54.3 Å². The molecule has 0 saturated carbocycles. The average Bonchev–Trinajstić information content (AvgIpc) is 3.11. The molecule has 0 unspecified atom stereocenters. The number of hydrogen-bond acceptors (Lipinski definition) is 2. The van der Waals surface area contributed by atoms with Crippen molar-refractivity contribution in [3.63, 3.8) is 0 Å². The van der Waals surface area contributed by atoms with Gasteiger partial charge >= 0.3 is 0 Å². The van der Waals surface area contributed by atoms with E-state index in [1.807, 2.05) is 24.3 Å². The van der Waals surface area contributed by atoms with Crippen LogP contribution in [0.3, 0.4) is 0 Å². The maximum absolute atomic E-state index is 13.0. The molecule has 2 amide bonds. The predicted molar refractivity (Wildman–Crippen MR) is 145 cm³/mol. The number of amides is 2. The van der Waals surface area contributed by atoms with Gasteiger partial charge < -0.3 is 14.8 Å². The monoisotopic (exact) mass is 497 g/mol. The first kappa shape index (κ1) is 23.9. The molecule has 1 N–H and O–H groups in total. The predicted octanol–water partition coefficient (Wildman–Crippen LogP) is 5.37. The molecule has 0 bridgehead atoms. The van der Waals surface area contributed by atoms with Crippen molar-refractivity contribution in [2.24, 2.45) is 0 Å². The number of rotatable bonds is 7. The molecule has 0 aliphatic carbocycles. The first-order valence-electron chi connectivity index (χ1n) is 12.1. The minimum absolute atomic E-state index is 0.0379. The largest absolute Gasteiger partial charge is 0.348 e. The van der Waals surface area contributed by atoms with Gasteiger partial charge in [0.2, 0.25) is 11.8 Å². The van der Waals surface area contributed by atoms with Gasteiger partial charge in [0.25, 0.3) is 0 Å². The van der Waals surface area contributed by atoms with Crippen molar-refractivity contribution in [3.8, 4) is 11.1 Å². The van der Waals surface area contributed by atoms with Gasteiger partial charge in [-0.25, -0.2) is 0 Å². The third-order valence-electron chi connectivity index (χ3n) is 6.84. The van der Waals surface area contributed by atoms with Crippen LogP contribution in [0.2, 0.25) is 5.02 Å². The van der Waals surface area contributed by atoms with Gasteiger partial charge in [-0.1, -0.05) is 72.8 Å². The van der Waals surface area contributed by atoms with E-state index in [0.29, 0.717) is 18.1 Å². The van der Waals surface area contributed by atoms with Crippen molar-refractivity contribution in [1.29, 1.82) is 0 Å². The van der Waals surface area contributed by atoms with Crippen LogP contribution >= 0.6 is 11.6 Å². The molecule has 3 aromatic carbocycles. The van der Waals surface area contributed by atoms with Crippen molar-refractivity contribution in [2.75, 3.05) is 13.1 Å². The summed E-state index contributed by atoms with van der Waals surface area (Å²) in [6.07, 6.45) is 2.11. The van der Waals surface area contributed by atoms with Crippen LogP contribution in [0.1, 0.15) is 16.8 Å². The molecule has 1 aliphatic heterocycles. The Morgan fingerprint density at radius 2 is 1.78 bits per heavy atom. The van der Waals surface area contributed by atoms with Gasteiger partial charge in [-0.15, -0.1) is 0 Å². The molecule has 1 aliphatic rings. The second kappa shape index (κ2) is 10.0. The number of carbonyl (C=O) groups excluding carboxylic acids is 2. The van der Waals surface area contributed by atoms with E-state index in [4.69, 9.17) is 11.6 Å². The molecule has 182 valence electrons. The fourth-order valence-corrected chi connectivity index (χ4v) is 5.20. The van der Waals surface area contributed by atoms with Crippen LogP contribution in [0.5, 0.6) is 0 Å². The minimum Gasteiger partial charge on any atom is -0.348 e. The fraction of sp³-hybridized carbons (Fsp3) is 0.200. The summed E-state index contributed by atoms with van der Waals surface area (Å²) in [5.41, 5.74) is 6.68. The maximum atomic E-state index is 13.0. The Kier molecular flexibility index (Phi) is 6.66. The van der Waals surface area contributed by atoms with Gasteiger partial charge in [-0.3, -0.25) is 9.59 Å². The van der Waals surface area contributed by atoms with Crippen molar-refractivity contribution in [2.45, 2.75) is 25.9 Å². The van der Waals surface area contributed by atoms with E-state index in [2.05, 4.69) is 71.9 Å². The van der Waals surface area contributed by atoms with Gasteiger partial charge in [0.1, 0.15) is 6.54 Å². The summed E-state index contributed by atoms with van der Waals surface area (Å²) < 4.78 is 2.06. The number of likely N-dealkylation sites (tertiary alicyclic amines) is 1. The number of halogens is 1. The quantitative estimate of drug-likeness (QED) is 0.349. The van der Waals surface area contributed by atoms with Crippen molar-refractivity contribution >= 4 is 34.3 Å². The number of nitrogens with one attached hydrogen (secondary N) is 1. The maximum Gasteiger partial charge on any atom is 0.246 e. The highest BCUT2D eigenvalue weighted by Gasteiger charge is 2.30. The van der Waals surface area contributed by atoms with E-state index >= 15 is 0 Å². The lowest BCUT2D eigenvalue weighted by atomic mass is 9.93. The van der Waals surface area contributed by atoms with E-state index < -0.39 is 0 Å². The summed E-state index contributed by atoms with van der Waals surface area (Å²) >= 11 is 6.43. The average molecular weight is 498 g/mol. The second-order valence-electron chi connectivity index (χ2n) is 9.24. The first-order chi connectivity index (χ1) is 17.4. The van der Waals surface area contributed by atoms with Crippen LogP contribution in [0.25, 0.3) is 22.0 Å². The Labute approximate surface area is 216 Å². The van der Waals surface area contributed by atoms with Gasteiger partial charge in [0.15, 0.2) is 0 Å². The third-order valence-corrected chi connectivity index (χ3v) is 7.08. The molecule has 6 heteroatoms. The van der Waals surface area contributed by atoms with E-state index in [-0.39, 0.29) is 24.4 Å². The second-order valence-corrected chi connectivity index (χ2v) is 9.68. The Morgan fingerprint density at radius 1 is 1.06 bits per heavy atom. The molecule has 5 rings (SSSR count). The lowest BCUT2D eigenvalue weighted by Gasteiger charge is -2.38. The molecular formula is C30H28ClN3O2. The van der Waals surface area contributed by atoms with Gasteiger partial charge in [-0.2, -0.15) is 0 Å². The zero-order valence-corrected chi connectivity index (χ0v) is 21.0. The lowest BCUT2D eigenvalue weighted by molar-refractivity contribution is -0.133. The van der Waals surface area contributed by atoms with Gasteiger partial charge in [-0.05, 0) is 54.3 Å². The summed E-state index contributed by atoms with van der Waals surface area (Å²) in [6.45, 7) is 6.79. The molecule has 4 aromatic rings. The standard InChI is InChI=1S/C30H28ClN3O2/c1-3-29(36)33-17-24(18-33)32-28(35)19-34-20(2)30(26-16-23(31)13-14-27(26)34)25-12-8-7-11-22(25)15-21-9-5-4-6-10-21/h3-14,16,24H,1,15,17-19H2,2H3,(H,32,35). The van der Waals surface area contributed by atoms with Crippen LogP contribution in [0.4, 0.5) is 0 Å². The highest BCUT2D eigenvalue weighted by molar-refractivity contribution is 6.31.